The summed E-state index contributed by atoms with van der Waals surface area (Å²) in [5.74, 6) is 0. The molecule has 0 saturated carbocycles. The van der Waals surface area contributed by atoms with Crippen LogP contribution in [0, 0.1) is 11.3 Å². The summed E-state index contributed by atoms with van der Waals surface area (Å²) in [6.07, 6.45) is 1.99. The molecule has 1 aliphatic heterocycles. The van der Waals surface area contributed by atoms with E-state index in [1.807, 2.05) is 6.07 Å². The van der Waals surface area contributed by atoms with Crippen LogP contribution in [-0.2, 0) is 13.0 Å². The summed E-state index contributed by atoms with van der Waals surface area (Å²) in [7, 11) is 0. The number of aliphatic hydroxyl groups excluding tert-OH is 1. The maximum atomic E-state index is 10.6. The molecule has 0 radical (unpaired) electrons. The van der Waals surface area contributed by atoms with Crippen molar-refractivity contribution in [1.29, 1.82) is 5.26 Å². The number of pyridine rings is 1. The van der Waals surface area contributed by atoms with Crippen molar-refractivity contribution >= 4 is 28.2 Å². The SMILES string of the molecule is N#Cc1cnc2ccc(Cl)cc2c1NCC(O)CN1CCc2ccccc2C1. The minimum Gasteiger partial charge on any atom is -0.390 e. The third-order valence-corrected chi connectivity index (χ3v) is 5.38. The van der Waals surface area contributed by atoms with Crippen LogP contribution in [0.4, 0.5) is 5.69 Å². The summed E-state index contributed by atoms with van der Waals surface area (Å²) in [6.45, 7) is 2.71. The van der Waals surface area contributed by atoms with Crippen LogP contribution in [-0.4, -0.2) is 40.7 Å². The molecule has 5 nitrogen and oxygen atoms in total. The lowest BCUT2D eigenvalue weighted by atomic mass is 10.00. The third-order valence-electron chi connectivity index (χ3n) is 5.14. The number of nitrogens with zero attached hydrogens (tertiary/aromatic N) is 3. The molecule has 0 bridgehead atoms. The Morgan fingerprint density at radius 3 is 2.89 bits per heavy atom. The minimum absolute atomic E-state index is 0.346. The molecule has 28 heavy (non-hydrogen) atoms. The summed E-state index contributed by atoms with van der Waals surface area (Å²) in [5.41, 5.74) is 4.58. The first-order valence-electron chi connectivity index (χ1n) is 9.33. The van der Waals surface area contributed by atoms with Gasteiger partial charge in [-0.2, -0.15) is 5.26 Å². The average molecular weight is 393 g/mol. The van der Waals surface area contributed by atoms with Gasteiger partial charge in [0, 0.05) is 42.8 Å². The van der Waals surface area contributed by atoms with E-state index in [0.29, 0.717) is 29.4 Å². The Balaban J connectivity index is 1.45. The smallest absolute Gasteiger partial charge is 0.103 e. The van der Waals surface area contributed by atoms with Crippen LogP contribution in [0.15, 0.2) is 48.7 Å². The Hall–Kier alpha value is -2.65. The Kier molecular flexibility index (Phi) is 5.45. The van der Waals surface area contributed by atoms with Gasteiger partial charge in [-0.1, -0.05) is 35.9 Å². The van der Waals surface area contributed by atoms with Gasteiger partial charge in [-0.05, 0) is 35.7 Å². The highest BCUT2D eigenvalue weighted by molar-refractivity contribution is 6.31. The van der Waals surface area contributed by atoms with Gasteiger partial charge in [-0.3, -0.25) is 9.88 Å². The van der Waals surface area contributed by atoms with Gasteiger partial charge in [0.05, 0.1) is 22.9 Å². The van der Waals surface area contributed by atoms with E-state index < -0.39 is 6.10 Å². The molecule has 0 fully saturated rings. The van der Waals surface area contributed by atoms with Crippen molar-refractivity contribution in [2.75, 3.05) is 25.0 Å². The molecule has 6 heteroatoms. The van der Waals surface area contributed by atoms with E-state index in [1.165, 1.54) is 11.1 Å². The number of aliphatic hydroxyl groups is 1. The molecule has 2 N–H and O–H groups in total. The van der Waals surface area contributed by atoms with E-state index in [1.54, 1.807) is 18.3 Å². The second kappa shape index (κ2) is 8.15. The van der Waals surface area contributed by atoms with E-state index in [4.69, 9.17) is 11.6 Å². The maximum Gasteiger partial charge on any atom is 0.103 e. The fourth-order valence-corrected chi connectivity index (χ4v) is 3.90. The molecule has 3 aromatic rings. The number of anilines is 1. The number of nitriles is 1. The summed E-state index contributed by atoms with van der Waals surface area (Å²) in [4.78, 5) is 6.57. The maximum absolute atomic E-state index is 10.6. The monoisotopic (exact) mass is 392 g/mol. The van der Waals surface area contributed by atoms with Gasteiger partial charge in [-0.15, -0.1) is 0 Å². The van der Waals surface area contributed by atoms with E-state index in [9.17, 15) is 10.4 Å². The second-order valence-electron chi connectivity index (χ2n) is 7.11. The number of β-amino-alcohol motifs (C(OH)–C–C–N with tert-alkyl or cyclic N) is 1. The van der Waals surface area contributed by atoms with Gasteiger partial charge in [0.1, 0.15) is 6.07 Å². The van der Waals surface area contributed by atoms with E-state index in [0.717, 1.165) is 30.4 Å². The highest BCUT2D eigenvalue weighted by Crippen LogP contribution is 2.28. The molecule has 1 aromatic heterocycles. The van der Waals surface area contributed by atoms with E-state index in [2.05, 4.69) is 45.5 Å². The van der Waals surface area contributed by atoms with Gasteiger partial charge < -0.3 is 10.4 Å². The molecule has 0 amide bonds. The van der Waals surface area contributed by atoms with Gasteiger partial charge in [-0.25, -0.2) is 0 Å². The summed E-state index contributed by atoms with van der Waals surface area (Å²) in [5, 5.41) is 24.6. The van der Waals surface area contributed by atoms with Crippen molar-refractivity contribution in [1.82, 2.24) is 9.88 Å². The topological polar surface area (TPSA) is 72.2 Å². The van der Waals surface area contributed by atoms with Crippen molar-refractivity contribution in [3.05, 3.63) is 70.4 Å². The highest BCUT2D eigenvalue weighted by atomic mass is 35.5. The van der Waals surface area contributed by atoms with E-state index >= 15 is 0 Å². The number of hydrogen-bond acceptors (Lipinski definition) is 5. The van der Waals surface area contributed by atoms with Crippen molar-refractivity contribution < 1.29 is 5.11 Å². The Morgan fingerprint density at radius 2 is 2.07 bits per heavy atom. The fourth-order valence-electron chi connectivity index (χ4n) is 3.73. The summed E-state index contributed by atoms with van der Waals surface area (Å²) >= 11 is 6.12. The number of rotatable bonds is 5. The molecule has 4 rings (SSSR count). The molecular weight excluding hydrogens is 372 g/mol. The van der Waals surface area contributed by atoms with Gasteiger partial charge >= 0.3 is 0 Å². The summed E-state index contributed by atoms with van der Waals surface area (Å²) < 4.78 is 0. The number of nitrogens with one attached hydrogen (secondary N) is 1. The van der Waals surface area contributed by atoms with Crippen molar-refractivity contribution in [2.45, 2.75) is 19.1 Å². The molecule has 0 spiro atoms. The number of fused-ring (bicyclic) bond motifs is 2. The standard InChI is InChI=1S/C22H21ClN4O/c23-18-5-6-21-20(9-18)22(17(10-24)11-25-21)26-12-19(28)14-27-8-7-15-3-1-2-4-16(15)13-27/h1-6,9,11,19,28H,7-8,12-14H2,(H,25,26). The number of hydrogen-bond donors (Lipinski definition) is 2. The zero-order valence-electron chi connectivity index (χ0n) is 15.4. The zero-order chi connectivity index (χ0) is 19.5. The quantitative estimate of drug-likeness (QED) is 0.694. The molecule has 0 saturated heterocycles. The summed E-state index contributed by atoms with van der Waals surface area (Å²) in [6, 6.07) is 16.0. The number of aromatic nitrogens is 1. The zero-order valence-corrected chi connectivity index (χ0v) is 16.2. The minimum atomic E-state index is -0.556. The normalized spacial score (nSPS) is 15.0. The van der Waals surface area contributed by atoms with Crippen LogP contribution < -0.4 is 5.32 Å². The Bertz CT molecular complexity index is 1050. The van der Waals surface area contributed by atoms with Gasteiger partial charge in [0.15, 0.2) is 0 Å². The van der Waals surface area contributed by atoms with Crippen LogP contribution in [0.25, 0.3) is 10.9 Å². The van der Waals surface area contributed by atoms with Crippen LogP contribution in [0.1, 0.15) is 16.7 Å². The molecule has 2 aromatic carbocycles. The largest absolute Gasteiger partial charge is 0.390 e. The highest BCUT2D eigenvalue weighted by Gasteiger charge is 2.19. The first-order chi connectivity index (χ1) is 13.6. The van der Waals surface area contributed by atoms with Gasteiger partial charge in [0.2, 0.25) is 0 Å². The van der Waals surface area contributed by atoms with Crippen LogP contribution >= 0.6 is 11.6 Å². The molecule has 1 atom stereocenters. The predicted molar refractivity (Wildman–Crippen MR) is 111 cm³/mol. The first kappa shape index (κ1) is 18.7. The lowest BCUT2D eigenvalue weighted by molar-refractivity contribution is 0.114. The molecule has 2 heterocycles. The molecular formula is C22H21ClN4O. The Labute approximate surface area is 169 Å². The van der Waals surface area contributed by atoms with E-state index in [-0.39, 0.29) is 0 Å². The molecule has 0 aliphatic carbocycles. The molecule has 142 valence electrons. The number of benzene rings is 2. The fraction of sp³-hybridized carbons (Fsp3) is 0.273. The third kappa shape index (κ3) is 3.95. The predicted octanol–water partition coefficient (Wildman–Crippen LogP) is 3.59. The van der Waals surface area contributed by atoms with Crippen LogP contribution in [0.3, 0.4) is 0 Å². The average Bonchev–Trinajstić information content (AvgIpc) is 2.71. The van der Waals surface area contributed by atoms with Crippen LogP contribution in [0.2, 0.25) is 5.02 Å². The first-order valence-corrected chi connectivity index (χ1v) is 9.71. The van der Waals surface area contributed by atoms with Crippen molar-refractivity contribution in [3.8, 4) is 6.07 Å². The van der Waals surface area contributed by atoms with Gasteiger partial charge in [0.25, 0.3) is 0 Å². The Morgan fingerprint density at radius 1 is 1.25 bits per heavy atom. The second-order valence-corrected chi connectivity index (χ2v) is 7.55. The van der Waals surface area contributed by atoms with Crippen molar-refractivity contribution in [2.24, 2.45) is 0 Å². The van der Waals surface area contributed by atoms with Crippen LogP contribution in [0.5, 0.6) is 0 Å². The van der Waals surface area contributed by atoms with Crippen molar-refractivity contribution in [3.63, 3.8) is 0 Å². The molecule has 1 unspecified atom stereocenters. The number of halogens is 1. The lowest BCUT2D eigenvalue weighted by Gasteiger charge is -2.30. The molecule has 1 aliphatic rings. The lowest BCUT2D eigenvalue weighted by Crippen LogP contribution is -2.39.